The highest BCUT2D eigenvalue weighted by atomic mass is 32.1. The van der Waals surface area contributed by atoms with E-state index in [0.717, 1.165) is 33.1 Å². The lowest BCUT2D eigenvalue weighted by Gasteiger charge is -2.03. The van der Waals surface area contributed by atoms with Crippen molar-refractivity contribution in [2.75, 3.05) is 5.32 Å². The minimum Gasteiger partial charge on any atom is -0.478 e. The van der Waals surface area contributed by atoms with E-state index in [2.05, 4.69) is 41.5 Å². The molecule has 164 valence electrons. The summed E-state index contributed by atoms with van der Waals surface area (Å²) in [5, 5.41) is 15.3. The van der Waals surface area contributed by atoms with E-state index < -0.39 is 5.97 Å². The van der Waals surface area contributed by atoms with E-state index in [1.54, 1.807) is 31.3 Å². The average molecular weight is 456 g/mol. The third-order valence-electron chi connectivity index (χ3n) is 5.88. The predicted molar refractivity (Wildman–Crippen MR) is 131 cm³/mol. The molecule has 0 aliphatic carbocycles. The Morgan fingerprint density at radius 1 is 1.06 bits per heavy atom. The van der Waals surface area contributed by atoms with Gasteiger partial charge in [0.05, 0.1) is 16.8 Å². The molecule has 1 aliphatic rings. The van der Waals surface area contributed by atoms with E-state index in [0.29, 0.717) is 22.5 Å². The number of carboxylic acid groups (broad SMARTS) is 1. The lowest BCUT2D eigenvalue weighted by atomic mass is 10.0. The zero-order valence-corrected chi connectivity index (χ0v) is 19.1. The molecule has 0 fully saturated rings. The number of hydrogen-bond acceptors (Lipinski definition) is 4. The molecule has 0 unspecified atom stereocenters. The van der Waals surface area contributed by atoms with Crippen LogP contribution >= 0.6 is 11.3 Å². The van der Waals surface area contributed by atoms with Crippen LogP contribution in [0, 0.1) is 20.8 Å². The van der Waals surface area contributed by atoms with Crippen molar-refractivity contribution in [3.8, 4) is 21.8 Å². The van der Waals surface area contributed by atoms with Crippen molar-refractivity contribution in [1.29, 1.82) is 0 Å². The van der Waals surface area contributed by atoms with Gasteiger partial charge in [-0.25, -0.2) is 9.78 Å². The molecule has 0 spiro atoms. The number of carbonyl (C=O) groups excluding carboxylic acids is 1. The third-order valence-corrected chi connectivity index (χ3v) is 6.77. The molecule has 0 bridgehead atoms. The fourth-order valence-corrected chi connectivity index (χ4v) is 4.94. The van der Waals surface area contributed by atoms with E-state index in [1.165, 1.54) is 5.56 Å². The number of H-pyrrole nitrogens is 1. The zero-order chi connectivity index (χ0) is 23.3. The van der Waals surface area contributed by atoms with Crippen LogP contribution in [0.25, 0.3) is 33.5 Å². The van der Waals surface area contributed by atoms with E-state index in [9.17, 15) is 14.7 Å². The molecular formula is C26H21N3O3S. The summed E-state index contributed by atoms with van der Waals surface area (Å²) in [4.78, 5) is 32.2. The zero-order valence-electron chi connectivity index (χ0n) is 18.3. The van der Waals surface area contributed by atoms with Crippen molar-refractivity contribution in [2.45, 2.75) is 20.8 Å². The van der Waals surface area contributed by atoms with Crippen molar-refractivity contribution < 1.29 is 14.7 Å². The summed E-state index contributed by atoms with van der Waals surface area (Å²) in [5.74, 6) is -1.21. The normalized spacial score (nSPS) is 13.9. The number of benzene rings is 2. The number of rotatable bonds is 4. The number of anilines is 1. The summed E-state index contributed by atoms with van der Waals surface area (Å²) in [7, 11) is 0. The second-order valence-corrected chi connectivity index (χ2v) is 9.00. The summed E-state index contributed by atoms with van der Waals surface area (Å²) in [6.45, 7) is 5.51. The number of aromatic amines is 1. The van der Waals surface area contributed by atoms with Crippen molar-refractivity contribution >= 4 is 40.5 Å². The van der Waals surface area contributed by atoms with Crippen molar-refractivity contribution in [3.05, 3.63) is 81.5 Å². The first-order valence-electron chi connectivity index (χ1n) is 10.4. The molecule has 3 heterocycles. The molecule has 0 radical (unpaired) electrons. The molecule has 3 N–H and O–H groups in total. The van der Waals surface area contributed by atoms with Gasteiger partial charge in [-0.1, -0.05) is 35.9 Å². The van der Waals surface area contributed by atoms with Crippen LogP contribution in [0.5, 0.6) is 0 Å². The van der Waals surface area contributed by atoms with E-state index in [4.69, 9.17) is 4.98 Å². The van der Waals surface area contributed by atoms with Gasteiger partial charge < -0.3 is 15.4 Å². The lowest BCUT2D eigenvalue weighted by Crippen LogP contribution is -2.03. The maximum atomic E-state index is 12.7. The minimum atomic E-state index is -0.989. The van der Waals surface area contributed by atoms with E-state index >= 15 is 0 Å². The van der Waals surface area contributed by atoms with Gasteiger partial charge in [0.2, 0.25) is 0 Å². The van der Waals surface area contributed by atoms with Crippen molar-refractivity contribution in [3.63, 3.8) is 0 Å². The van der Waals surface area contributed by atoms with Crippen LogP contribution in [0.4, 0.5) is 5.69 Å². The summed E-state index contributed by atoms with van der Waals surface area (Å²) in [6, 6.07) is 14.1. The molecule has 0 saturated heterocycles. The molecule has 6 nitrogen and oxygen atoms in total. The molecule has 7 heteroatoms. The van der Waals surface area contributed by atoms with Gasteiger partial charge in [0, 0.05) is 39.1 Å². The second kappa shape index (κ2) is 7.86. The highest BCUT2D eigenvalue weighted by Gasteiger charge is 2.26. The van der Waals surface area contributed by atoms with Crippen LogP contribution in [0.3, 0.4) is 0 Å². The number of aromatic carboxylic acids is 1. The Bertz CT molecular complexity index is 1460. The highest BCUT2D eigenvalue weighted by molar-refractivity contribution is 7.13. The van der Waals surface area contributed by atoms with Crippen molar-refractivity contribution in [1.82, 2.24) is 9.97 Å². The van der Waals surface area contributed by atoms with Gasteiger partial charge in [0.25, 0.3) is 5.91 Å². The predicted octanol–water partition coefficient (Wildman–Crippen LogP) is 5.92. The minimum absolute atomic E-state index is 0.218. The Morgan fingerprint density at radius 3 is 2.48 bits per heavy atom. The summed E-state index contributed by atoms with van der Waals surface area (Å²) in [6.07, 6.45) is 1.72. The van der Waals surface area contributed by atoms with Gasteiger partial charge in [0.15, 0.2) is 0 Å². The molecule has 1 amide bonds. The number of hydrogen-bond donors (Lipinski definition) is 3. The quantitative estimate of drug-likeness (QED) is 0.333. The Balaban J connectivity index is 1.54. The van der Waals surface area contributed by atoms with Crippen LogP contribution in [-0.2, 0) is 4.79 Å². The van der Waals surface area contributed by atoms with Gasteiger partial charge >= 0.3 is 5.97 Å². The molecule has 1 aliphatic heterocycles. The van der Waals surface area contributed by atoms with Gasteiger partial charge in [-0.3, -0.25) is 4.79 Å². The number of thiazole rings is 1. The first-order chi connectivity index (χ1) is 15.8. The van der Waals surface area contributed by atoms with Crippen molar-refractivity contribution in [2.24, 2.45) is 0 Å². The number of aryl methyl sites for hydroxylation is 2. The monoisotopic (exact) mass is 455 g/mol. The largest absolute Gasteiger partial charge is 0.478 e. The number of carbonyl (C=O) groups is 2. The van der Waals surface area contributed by atoms with Crippen LogP contribution in [0.15, 0.2) is 47.8 Å². The number of aromatic nitrogens is 2. The molecule has 4 aromatic rings. The summed E-state index contributed by atoms with van der Waals surface area (Å²) in [5.41, 5.74) is 8.03. The van der Waals surface area contributed by atoms with E-state index in [1.807, 2.05) is 23.6 Å². The Labute approximate surface area is 194 Å². The molecule has 33 heavy (non-hydrogen) atoms. The number of fused-ring (bicyclic) bond motifs is 1. The van der Waals surface area contributed by atoms with Crippen LogP contribution in [0.1, 0.15) is 38.4 Å². The molecule has 0 atom stereocenters. The lowest BCUT2D eigenvalue weighted by molar-refractivity contribution is -0.110. The standard InChI is InChI=1S/C26H21N3O3S/c1-13-4-6-16(7-5-13)25-29-22(12-33-25)17-8-9-20-18(10-17)19(24(30)28-20)11-21-14(2)23(26(31)32)15(3)27-21/h4-12,27H,1-3H3,(H,28,30)(H,31,32)/b19-11-. The second-order valence-electron chi connectivity index (χ2n) is 8.15. The molecular weight excluding hydrogens is 434 g/mol. The molecule has 2 aromatic carbocycles. The van der Waals surface area contributed by atoms with E-state index in [-0.39, 0.29) is 11.5 Å². The maximum Gasteiger partial charge on any atom is 0.337 e. The van der Waals surface area contributed by atoms with Gasteiger partial charge in [0.1, 0.15) is 5.01 Å². The Morgan fingerprint density at radius 2 is 1.79 bits per heavy atom. The topological polar surface area (TPSA) is 95.1 Å². The molecule has 0 saturated carbocycles. The number of carboxylic acids is 1. The first kappa shape index (κ1) is 20.9. The fourth-order valence-electron chi connectivity index (χ4n) is 4.11. The van der Waals surface area contributed by atoms with Crippen LogP contribution in [-0.4, -0.2) is 27.0 Å². The highest BCUT2D eigenvalue weighted by Crippen LogP contribution is 2.38. The summed E-state index contributed by atoms with van der Waals surface area (Å²) < 4.78 is 0. The Kier molecular flexibility index (Phi) is 4.98. The maximum absolute atomic E-state index is 12.7. The van der Waals surface area contributed by atoms with Gasteiger partial charge in [-0.2, -0.15) is 0 Å². The fraction of sp³-hybridized carbons (Fsp3) is 0.115. The first-order valence-corrected chi connectivity index (χ1v) is 11.3. The number of nitrogens with zero attached hydrogens (tertiary/aromatic N) is 1. The van der Waals surface area contributed by atoms with Gasteiger partial charge in [-0.15, -0.1) is 11.3 Å². The number of amides is 1. The van der Waals surface area contributed by atoms with Crippen LogP contribution < -0.4 is 5.32 Å². The smallest absolute Gasteiger partial charge is 0.337 e. The SMILES string of the molecule is Cc1ccc(-c2nc(-c3ccc4c(c3)/C(=C/c3[nH]c(C)c(C(=O)O)c3C)C(=O)N4)cs2)cc1. The van der Waals surface area contributed by atoms with Gasteiger partial charge in [-0.05, 0) is 44.5 Å². The summed E-state index contributed by atoms with van der Waals surface area (Å²) >= 11 is 1.58. The molecule has 2 aromatic heterocycles. The number of nitrogens with one attached hydrogen (secondary N) is 2. The third kappa shape index (κ3) is 3.66. The van der Waals surface area contributed by atoms with Crippen LogP contribution in [0.2, 0.25) is 0 Å². The average Bonchev–Trinajstić information content (AvgIpc) is 3.45. The Hall–Kier alpha value is -3.97. The molecule has 5 rings (SSSR count).